The lowest BCUT2D eigenvalue weighted by Crippen LogP contribution is -2.46. The van der Waals surface area contributed by atoms with Crippen LogP contribution in [0.1, 0.15) is 33.1 Å². The van der Waals surface area contributed by atoms with Crippen LogP contribution in [0.5, 0.6) is 0 Å². The van der Waals surface area contributed by atoms with Gasteiger partial charge in [-0.1, -0.05) is 30.1 Å². The Morgan fingerprint density at radius 1 is 1.36 bits per heavy atom. The molecule has 0 aliphatic carbocycles. The molecule has 1 aromatic rings. The highest BCUT2D eigenvalue weighted by Crippen LogP contribution is 2.25. The number of amides is 2. The summed E-state index contributed by atoms with van der Waals surface area (Å²) < 4.78 is 0. The Kier molecular flexibility index (Phi) is 7.54. The average molecular weight is 386 g/mol. The first-order valence-electron chi connectivity index (χ1n) is 8.67. The first kappa shape index (κ1) is 20.0. The molecule has 0 saturated carbocycles. The molecule has 1 aliphatic rings. The van der Waals surface area contributed by atoms with E-state index in [9.17, 15) is 9.59 Å². The molecule has 2 atom stereocenters. The van der Waals surface area contributed by atoms with Crippen molar-refractivity contribution >= 4 is 40.7 Å². The Bertz CT molecular complexity index is 624. The number of carbonyl (C=O) groups excluding carboxylic acids is 2. The Morgan fingerprint density at radius 3 is 2.80 bits per heavy atom. The molecule has 1 aliphatic heterocycles. The lowest BCUT2D eigenvalue weighted by atomic mass is 9.92. The Morgan fingerprint density at radius 2 is 2.12 bits per heavy atom. The molecule has 7 heteroatoms. The Hall–Kier alpha value is -1.30. The van der Waals surface area contributed by atoms with Crippen molar-refractivity contribution in [2.24, 2.45) is 5.92 Å². The molecule has 0 spiro atoms. The number of carbonyl (C=O) groups is 2. The molecule has 2 amide bonds. The Labute approximate surface area is 159 Å². The number of rotatable bonds is 6. The van der Waals surface area contributed by atoms with Gasteiger partial charge in [0, 0.05) is 23.5 Å². The van der Waals surface area contributed by atoms with E-state index in [1.165, 1.54) is 0 Å². The third-order valence-electron chi connectivity index (χ3n) is 4.32. The van der Waals surface area contributed by atoms with Crippen LogP contribution in [-0.2, 0) is 9.59 Å². The summed E-state index contributed by atoms with van der Waals surface area (Å²) in [5, 5.41) is 7.00. The van der Waals surface area contributed by atoms with Crippen LogP contribution < -0.4 is 10.6 Å². The van der Waals surface area contributed by atoms with Crippen molar-refractivity contribution in [3.05, 3.63) is 28.2 Å². The van der Waals surface area contributed by atoms with Gasteiger partial charge in [-0.05, 0) is 50.9 Å². The smallest absolute Gasteiger partial charge is 0.244 e. The number of anilines is 1. The van der Waals surface area contributed by atoms with Crippen molar-refractivity contribution in [3.8, 4) is 0 Å². The molecule has 1 saturated heterocycles. The largest absolute Gasteiger partial charge is 0.333 e. The SMILES string of the molecule is CCCN(CC(=O)Nc1cc(Cl)ccc1Cl)C(=O)[C@H]1CCN[C@@H](C)C1. The van der Waals surface area contributed by atoms with Gasteiger partial charge in [-0.3, -0.25) is 9.59 Å². The first-order chi connectivity index (χ1) is 11.9. The summed E-state index contributed by atoms with van der Waals surface area (Å²) in [5.41, 5.74) is 0.457. The predicted octanol–water partition coefficient (Wildman–Crippen LogP) is 3.56. The van der Waals surface area contributed by atoms with Gasteiger partial charge in [0.25, 0.3) is 0 Å². The van der Waals surface area contributed by atoms with E-state index in [2.05, 4.69) is 17.6 Å². The van der Waals surface area contributed by atoms with E-state index in [0.717, 1.165) is 25.8 Å². The molecule has 5 nitrogen and oxygen atoms in total. The zero-order valence-corrected chi connectivity index (χ0v) is 16.2. The fourth-order valence-electron chi connectivity index (χ4n) is 3.11. The summed E-state index contributed by atoms with van der Waals surface area (Å²) in [5.74, 6) is -0.235. The topological polar surface area (TPSA) is 61.4 Å². The van der Waals surface area contributed by atoms with Gasteiger partial charge in [-0.2, -0.15) is 0 Å². The van der Waals surface area contributed by atoms with E-state index in [-0.39, 0.29) is 24.3 Å². The van der Waals surface area contributed by atoms with Gasteiger partial charge >= 0.3 is 0 Å². The second-order valence-electron chi connectivity index (χ2n) is 6.51. The number of benzene rings is 1. The fraction of sp³-hybridized carbons (Fsp3) is 0.556. The van der Waals surface area contributed by atoms with Crippen LogP contribution in [-0.4, -0.2) is 42.4 Å². The van der Waals surface area contributed by atoms with Gasteiger partial charge in [-0.15, -0.1) is 0 Å². The van der Waals surface area contributed by atoms with E-state index in [0.29, 0.717) is 28.3 Å². The van der Waals surface area contributed by atoms with E-state index in [4.69, 9.17) is 23.2 Å². The quantitative estimate of drug-likeness (QED) is 0.786. The first-order valence-corrected chi connectivity index (χ1v) is 9.43. The number of nitrogens with one attached hydrogen (secondary N) is 2. The number of nitrogens with zero attached hydrogens (tertiary/aromatic N) is 1. The number of piperidine rings is 1. The van der Waals surface area contributed by atoms with Gasteiger partial charge in [0.1, 0.15) is 0 Å². The molecule has 1 fully saturated rings. The van der Waals surface area contributed by atoms with Gasteiger partial charge in [0.15, 0.2) is 0 Å². The number of hydrogen-bond acceptors (Lipinski definition) is 3. The van der Waals surface area contributed by atoms with E-state index < -0.39 is 0 Å². The van der Waals surface area contributed by atoms with Crippen molar-refractivity contribution in [3.63, 3.8) is 0 Å². The van der Waals surface area contributed by atoms with Crippen LogP contribution >= 0.6 is 23.2 Å². The summed E-state index contributed by atoms with van der Waals surface area (Å²) in [4.78, 5) is 26.9. The van der Waals surface area contributed by atoms with E-state index >= 15 is 0 Å². The average Bonchev–Trinajstić information content (AvgIpc) is 2.57. The summed E-state index contributed by atoms with van der Waals surface area (Å²) in [6.45, 7) is 5.50. The number of halogens is 2. The van der Waals surface area contributed by atoms with Crippen molar-refractivity contribution in [2.45, 2.75) is 39.2 Å². The summed E-state index contributed by atoms with van der Waals surface area (Å²) in [7, 11) is 0. The molecular weight excluding hydrogens is 361 g/mol. The monoisotopic (exact) mass is 385 g/mol. The molecule has 1 aromatic carbocycles. The minimum absolute atomic E-state index is 0.0217. The molecule has 1 heterocycles. The third-order valence-corrected chi connectivity index (χ3v) is 4.88. The zero-order chi connectivity index (χ0) is 18.4. The van der Waals surface area contributed by atoms with Crippen LogP contribution in [0.3, 0.4) is 0 Å². The van der Waals surface area contributed by atoms with E-state index in [1.54, 1.807) is 23.1 Å². The Balaban J connectivity index is 2.01. The van der Waals surface area contributed by atoms with Crippen molar-refractivity contribution in [1.82, 2.24) is 10.2 Å². The van der Waals surface area contributed by atoms with Crippen LogP contribution in [0.2, 0.25) is 10.0 Å². The predicted molar refractivity (Wildman–Crippen MR) is 102 cm³/mol. The fourth-order valence-corrected chi connectivity index (χ4v) is 3.44. The maximum absolute atomic E-state index is 12.8. The highest BCUT2D eigenvalue weighted by atomic mass is 35.5. The van der Waals surface area contributed by atoms with Crippen LogP contribution in [0.25, 0.3) is 0 Å². The molecule has 0 bridgehead atoms. The van der Waals surface area contributed by atoms with Gasteiger partial charge < -0.3 is 15.5 Å². The van der Waals surface area contributed by atoms with Crippen LogP contribution in [0.4, 0.5) is 5.69 Å². The molecule has 25 heavy (non-hydrogen) atoms. The third kappa shape index (κ3) is 5.87. The lowest BCUT2D eigenvalue weighted by Gasteiger charge is -2.31. The van der Waals surface area contributed by atoms with E-state index in [1.807, 2.05) is 6.92 Å². The maximum Gasteiger partial charge on any atom is 0.244 e. The molecule has 0 unspecified atom stereocenters. The van der Waals surface area contributed by atoms with Crippen LogP contribution in [0, 0.1) is 5.92 Å². The minimum Gasteiger partial charge on any atom is -0.333 e. The molecule has 2 N–H and O–H groups in total. The zero-order valence-electron chi connectivity index (χ0n) is 14.6. The second kappa shape index (κ2) is 9.41. The summed E-state index contributed by atoms with van der Waals surface area (Å²) in [6, 6.07) is 5.21. The van der Waals surface area contributed by atoms with Gasteiger partial charge in [-0.25, -0.2) is 0 Å². The molecule has 2 rings (SSSR count). The van der Waals surface area contributed by atoms with Crippen molar-refractivity contribution < 1.29 is 9.59 Å². The maximum atomic E-state index is 12.8. The summed E-state index contributed by atoms with van der Waals surface area (Å²) >= 11 is 12.0. The summed E-state index contributed by atoms with van der Waals surface area (Å²) in [6.07, 6.45) is 2.42. The highest BCUT2D eigenvalue weighted by molar-refractivity contribution is 6.35. The van der Waals surface area contributed by atoms with Crippen LogP contribution in [0.15, 0.2) is 18.2 Å². The van der Waals surface area contributed by atoms with Crippen molar-refractivity contribution in [2.75, 3.05) is 25.0 Å². The normalized spacial score (nSPS) is 20.2. The highest BCUT2D eigenvalue weighted by Gasteiger charge is 2.29. The minimum atomic E-state index is -0.270. The number of hydrogen-bond donors (Lipinski definition) is 2. The second-order valence-corrected chi connectivity index (χ2v) is 7.35. The molecule has 0 radical (unpaired) electrons. The van der Waals surface area contributed by atoms with Gasteiger partial charge in [0.05, 0.1) is 17.3 Å². The standard InChI is InChI=1S/C18H25Cl2N3O2/c1-3-8-23(18(25)13-6-7-21-12(2)9-13)11-17(24)22-16-10-14(19)4-5-15(16)20/h4-5,10,12-13,21H,3,6-9,11H2,1-2H3,(H,22,24)/t12-,13-/m0/s1. The van der Waals surface area contributed by atoms with Gasteiger partial charge in [0.2, 0.25) is 11.8 Å². The molecular formula is C18H25Cl2N3O2. The molecule has 0 aromatic heterocycles. The lowest BCUT2D eigenvalue weighted by molar-refractivity contribution is -0.139. The molecule has 138 valence electrons. The van der Waals surface area contributed by atoms with Crippen molar-refractivity contribution in [1.29, 1.82) is 0 Å².